The SMILES string of the molecule is CC1(C)COC(C)(C)N1C(=O)OC(CN(Cc1ccccc1)Cc1ccccc1)[Si](C)(C)C. The Labute approximate surface area is 200 Å². The van der Waals surface area contributed by atoms with Crippen LogP contribution in [0.15, 0.2) is 60.7 Å². The fourth-order valence-corrected chi connectivity index (χ4v) is 5.70. The third-order valence-electron chi connectivity index (χ3n) is 6.24. The van der Waals surface area contributed by atoms with E-state index in [2.05, 4.69) is 73.1 Å². The average Bonchev–Trinajstić information content (AvgIpc) is 2.95. The van der Waals surface area contributed by atoms with E-state index in [-0.39, 0.29) is 11.8 Å². The summed E-state index contributed by atoms with van der Waals surface area (Å²) in [7, 11) is -1.84. The van der Waals surface area contributed by atoms with Crippen molar-refractivity contribution in [3.05, 3.63) is 71.8 Å². The summed E-state index contributed by atoms with van der Waals surface area (Å²) in [6.45, 7) is 17.5. The minimum absolute atomic E-state index is 0.148. The standard InChI is InChI=1S/C27H40N2O3Si/c1-26(2)21-31-27(3,4)29(26)25(30)32-24(33(5,6)7)20-28(18-22-14-10-8-11-15-22)19-23-16-12-9-13-17-23/h8-17,24H,18-21H2,1-7H3. The molecule has 0 spiro atoms. The highest BCUT2D eigenvalue weighted by atomic mass is 28.3. The normalized spacial score (nSPS) is 18.4. The third kappa shape index (κ3) is 6.68. The van der Waals surface area contributed by atoms with E-state index in [0.717, 1.165) is 13.1 Å². The van der Waals surface area contributed by atoms with Gasteiger partial charge >= 0.3 is 6.09 Å². The van der Waals surface area contributed by atoms with Crippen LogP contribution in [0.4, 0.5) is 4.79 Å². The van der Waals surface area contributed by atoms with E-state index in [9.17, 15) is 4.79 Å². The first-order chi connectivity index (χ1) is 15.4. The fraction of sp³-hybridized carbons (Fsp3) is 0.519. The van der Waals surface area contributed by atoms with Gasteiger partial charge in [-0.25, -0.2) is 4.79 Å². The lowest BCUT2D eigenvalue weighted by molar-refractivity contribution is -0.0558. The molecule has 180 valence electrons. The summed E-state index contributed by atoms with van der Waals surface area (Å²) in [5, 5.41) is 0. The number of carbonyl (C=O) groups is 1. The van der Waals surface area contributed by atoms with Crippen LogP contribution >= 0.6 is 0 Å². The van der Waals surface area contributed by atoms with Gasteiger partial charge in [-0.3, -0.25) is 9.80 Å². The number of rotatable bonds is 8. The molecule has 1 aliphatic rings. The fourth-order valence-electron chi connectivity index (χ4n) is 4.44. The van der Waals surface area contributed by atoms with Gasteiger partial charge in [0.05, 0.1) is 20.2 Å². The van der Waals surface area contributed by atoms with Crippen LogP contribution in [-0.4, -0.2) is 54.1 Å². The summed E-state index contributed by atoms with van der Waals surface area (Å²) in [6.07, 6.45) is -0.283. The molecule has 0 N–H and O–H groups in total. The molecule has 3 rings (SSSR count). The van der Waals surface area contributed by atoms with Crippen LogP contribution in [0.5, 0.6) is 0 Å². The van der Waals surface area contributed by atoms with Gasteiger partial charge in [0.25, 0.3) is 0 Å². The summed E-state index contributed by atoms with van der Waals surface area (Å²) in [5.74, 6) is 0. The molecule has 0 saturated carbocycles. The topological polar surface area (TPSA) is 42.0 Å². The Hall–Kier alpha value is -2.15. The largest absolute Gasteiger partial charge is 0.449 e. The van der Waals surface area contributed by atoms with Crippen LogP contribution in [0, 0.1) is 0 Å². The van der Waals surface area contributed by atoms with Crippen molar-refractivity contribution in [1.82, 2.24) is 9.80 Å². The Balaban J connectivity index is 1.82. The second-order valence-corrected chi connectivity index (χ2v) is 16.6. The molecule has 1 fully saturated rings. The molecular formula is C27H40N2O3Si. The molecule has 0 radical (unpaired) electrons. The quantitative estimate of drug-likeness (QED) is 0.451. The van der Waals surface area contributed by atoms with Gasteiger partial charge in [0.15, 0.2) is 0 Å². The van der Waals surface area contributed by atoms with Crippen molar-refractivity contribution in [2.24, 2.45) is 0 Å². The van der Waals surface area contributed by atoms with Crippen LogP contribution in [0.3, 0.4) is 0 Å². The van der Waals surface area contributed by atoms with E-state index >= 15 is 0 Å². The van der Waals surface area contributed by atoms with Crippen molar-refractivity contribution >= 4 is 14.2 Å². The first kappa shape index (κ1) is 25.5. The molecule has 2 aromatic rings. The molecular weight excluding hydrogens is 428 g/mol. The minimum Gasteiger partial charge on any atom is -0.449 e. The lowest BCUT2D eigenvalue weighted by atomic mass is 10.0. The number of hydrogen-bond donors (Lipinski definition) is 0. The van der Waals surface area contributed by atoms with E-state index in [1.165, 1.54) is 11.1 Å². The monoisotopic (exact) mass is 468 g/mol. The molecule has 1 heterocycles. The first-order valence-electron chi connectivity index (χ1n) is 11.8. The van der Waals surface area contributed by atoms with E-state index in [1.807, 2.05) is 39.8 Å². The molecule has 0 aliphatic carbocycles. The molecule has 33 heavy (non-hydrogen) atoms. The number of hydrogen-bond acceptors (Lipinski definition) is 4. The zero-order valence-corrected chi connectivity index (χ0v) is 22.3. The maximum Gasteiger partial charge on any atom is 0.412 e. The smallest absolute Gasteiger partial charge is 0.412 e. The van der Waals surface area contributed by atoms with Crippen molar-refractivity contribution in [2.45, 2.75) is 77.4 Å². The van der Waals surface area contributed by atoms with Crippen LogP contribution in [0.25, 0.3) is 0 Å². The Bertz CT molecular complexity index is 852. The number of nitrogens with zero attached hydrogens (tertiary/aromatic N) is 2. The summed E-state index contributed by atoms with van der Waals surface area (Å²) in [6, 6.07) is 21.0. The number of benzene rings is 2. The number of amides is 1. The number of ether oxygens (including phenoxy) is 2. The Kier molecular flexibility index (Phi) is 7.71. The summed E-state index contributed by atoms with van der Waals surface area (Å²) >= 11 is 0. The second-order valence-electron chi connectivity index (χ2n) is 11.3. The van der Waals surface area contributed by atoms with Gasteiger partial charge in [-0.15, -0.1) is 0 Å². The van der Waals surface area contributed by atoms with Gasteiger partial charge in [-0.2, -0.15) is 0 Å². The van der Waals surface area contributed by atoms with Crippen LogP contribution in [0.2, 0.25) is 19.6 Å². The molecule has 0 aromatic heterocycles. The second kappa shape index (κ2) is 10.00. The van der Waals surface area contributed by atoms with Crippen LogP contribution < -0.4 is 0 Å². The first-order valence-corrected chi connectivity index (χ1v) is 15.4. The van der Waals surface area contributed by atoms with E-state index in [1.54, 1.807) is 4.90 Å². The van der Waals surface area contributed by atoms with Crippen molar-refractivity contribution in [1.29, 1.82) is 0 Å². The molecule has 1 amide bonds. The van der Waals surface area contributed by atoms with Crippen molar-refractivity contribution in [3.8, 4) is 0 Å². The predicted octanol–water partition coefficient (Wildman–Crippen LogP) is 5.92. The van der Waals surface area contributed by atoms with Gasteiger partial charge in [0.2, 0.25) is 0 Å². The molecule has 1 unspecified atom stereocenters. The lowest BCUT2D eigenvalue weighted by Gasteiger charge is -2.40. The maximum absolute atomic E-state index is 13.5. The third-order valence-corrected chi connectivity index (χ3v) is 8.47. The zero-order valence-electron chi connectivity index (χ0n) is 21.3. The molecule has 2 aromatic carbocycles. The highest BCUT2D eigenvalue weighted by molar-refractivity contribution is 6.77. The average molecular weight is 469 g/mol. The van der Waals surface area contributed by atoms with Crippen LogP contribution in [-0.2, 0) is 22.6 Å². The van der Waals surface area contributed by atoms with E-state index in [0.29, 0.717) is 13.2 Å². The van der Waals surface area contributed by atoms with Crippen molar-refractivity contribution in [2.75, 3.05) is 13.2 Å². The highest BCUT2D eigenvalue weighted by Crippen LogP contribution is 2.35. The Morgan fingerprint density at radius 3 is 1.85 bits per heavy atom. The zero-order chi connectivity index (χ0) is 24.3. The molecule has 6 heteroatoms. The number of carbonyl (C=O) groups excluding carboxylic acids is 1. The van der Waals surface area contributed by atoms with Gasteiger partial charge in [0.1, 0.15) is 11.5 Å². The Morgan fingerprint density at radius 2 is 1.45 bits per heavy atom. The van der Waals surface area contributed by atoms with E-state index < -0.39 is 19.3 Å². The van der Waals surface area contributed by atoms with Gasteiger partial charge in [0, 0.05) is 19.6 Å². The maximum atomic E-state index is 13.5. The highest BCUT2D eigenvalue weighted by Gasteiger charge is 2.50. The molecule has 1 saturated heterocycles. The summed E-state index contributed by atoms with van der Waals surface area (Å²) in [4.78, 5) is 17.6. The molecule has 0 bridgehead atoms. The van der Waals surface area contributed by atoms with E-state index in [4.69, 9.17) is 9.47 Å². The van der Waals surface area contributed by atoms with Gasteiger partial charge in [-0.05, 0) is 38.8 Å². The Morgan fingerprint density at radius 1 is 0.970 bits per heavy atom. The lowest BCUT2D eigenvalue weighted by Crippen LogP contribution is -2.56. The molecule has 5 nitrogen and oxygen atoms in total. The molecule has 1 aliphatic heterocycles. The van der Waals surface area contributed by atoms with Crippen LogP contribution in [0.1, 0.15) is 38.8 Å². The minimum atomic E-state index is -1.84. The van der Waals surface area contributed by atoms with Crippen molar-refractivity contribution in [3.63, 3.8) is 0 Å². The van der Waals surface area contributed by atoms with Gasteiger partial charge < -0.3 is 9.47 Å². The van der Waals surface area contributed by atoms with Crippen molar-refractivity contribution < 1.29 is 14.3 Å². The summed E-state index contributed by atoms with van der Waals surface area (Å²) in [5.41, 5.74) is 1.27. The summed E-state index contributed by atoms with van der Waals surface area (Å²) < 4.78 is 12.2. The van der Waals surface area contributed by atoms with Gasteiger partial charge in [-0.1, -0.05) is 80.3 Å². The predicted molar refractivity (Wildman–Crippen MR) is 137 cm³/mol. The molecule has 1 atom stereocenters.